The monoisotopic (exact) mass is 428 g/mol. The van der Waals surface area contributed by atoms with Crippen molar-refractivity contribution in [3.8, 4) is 5.75 Å². The van der Waals surface area contributed by atoms with Crippen molar-refractivity contribution < 1.29 is 28.6 Å². The van der Waals surface area contributed by atoms with E-state index in [0.717, 1.165) is 0 Å². The van der Waals surface area contributed by atoms with Gasteiger partial charge in [-0.25, -0.2) is 0 Å². The number of piperazine rings is 1. The molecule has 2 heterocycles. The Morgan fingerprint density at radius 3 is 2.55 bits per heavy atom. The zero-order valence-corrected chi connectivity index (χ0v) is 16.8. The van der Waals surface area contributed by atoms with Gasteiger partial charge in [-0.05, 0) is 36.8 Å². The molecule has 164 valence electrons. The minimum atomic E-state index is -1.07. The predicted molar refractivity (Wildman–Crippen MR) is 110 cm³/mol. The van der Waals surface area contributed by atoms with Gasteiger partial charge in [-0.1, -0.05) is 0 Å². The summed E-state index contributed by atoms with van der Waals surface area (Å²) in [4.78, 5) is 39.2. The van der Waals surface area contributed by atoms with Crippen LogP contribution >= 0.6 is 0 Å². The average Bonchev–Trinajstić information content (AvgIpc) is 3.27. The summed E-state index contributed by atoms with van der Waals surface area (Å²) in [5, 5.41) is 16.6. The summed E-state index contributed by atoms with van der Waals surface area (Å²) in [5.74, 6) is -1.85. The number of nitrogens with one attached hydrogen (secondary N) is 1. The first kappa shape index (κ1) is 21.9. The number of benzene rings is 1. The average molecular weight is 428 g/mol. The molecule has 1 atom stereocenters. The number of furan rings is 1. The Morgan fingerprint density at radius 1 is 1.19 bits per heavy atom. The van der Waals surface area contributed by atoms with Crippen molar-refractivity contribution >= 4 is 23.6 Å². The van der Waals surface area contributed by atoms with Crippen LogP contribution in [-0.2, 0) is 14.4 Å². The molecular formula is C21H24N4O6. The molecule has 10 nitrogen and oxygen atoms in total. The van der Waals surface area contributed by atoms with Crippen LogP contribution in [0.25, 0.3) is 0 Å². The molecule has 0 bridgehead atoms. The summed E-state index contributed by atoms with van der Waals surface area (Å²) in [5.41, 5.74) is 6.56. The van der Waals surface area contributed by atoms with Gasteiger partial charge in [0.15, 0.2) is 0 Å². The molecular weight excluding hydrogens is 404 g/mol. The number of amides is 2. The molecule has 1 unspecified atom stereocenters. The lowest BCUT2D eigenvalue weighted by Crippen LogP contribution is -2.55. The van der Waals surface area contributed by atoms with Crippen LogP contribution in [0.2, 0.25) is 0 Å². The van der Waals surface area contributed by atoms with Crippen molar-refractivity contribution in [3.63, 3.8) is 0 Å². The normalized spacial score (nSPS) is 15.1. The quantitative estimate of drug-likeness (QED) is 0.223. The van der Waals surface area contributed by atoms with E-state index in [1.165, 1.54) is 22.3 Å². The molecule has 3 rings (SSSR count). The van der Waals surface area contributed by atoms with E-state index >= 15 is 0 Å². The van der Waals surface area contributed by atoms with E-state index in [2.05, 4.69) is 0 Å². The van der Waals surface area contributed by atoms with Gasteiger partial charge < -0.3 is 29.8 Å². The Bertz CT molecular complexity index is 941. The number of carboxylic acids is 1. The maximum Gasteiger partial charge on any atom is 0.312 e. The number of amidine groups is 1. The lowest BCUT2D eigenvalue weighted by Gasteiger charge is -2.37. The maximum atomic E-state index is 12.6. The van der Waals surface area contributed by atoms with Crippen LogP contribution in [0.3, 0.4) is 0 Å². The summed E-state index contributed by atoms with van der Waals surface area (Å²) in [7, 11) is 0. The van der Waals surface area contributed by atoms with E-state index in [-0.39, 0.29) is 18.8 Å². The van der Waals surface area contributed by atoms with Crippen molar-refractivity contribution in [2.45, 2.75) is 18.9 Å². The number of hydrogen-bond donors (Lipinski definition) is 3. The summed E-state index contributed by atoms with van der Waals surface area (Å²) in [6, 6.07) is 7.64. The van der Waals surface area contributed by atoms with E-state index in [0.29, 0.717) is 43.0 Å². The molecule has 0 radical (unpaired) electrons. The van der Waals surface area contributed by atoms with Gasteiger partial charge in [0, 0.05) is 30.8 Å². The first-order chi connectivity index (χ1) is 14.9. The fourth-order valence-electron chi connectivity index (χ4n) is 3.41. The number of carboxylic acid groups (broad SMARTS) is 1. The zero-order chi connectivity index (χ0) is 22.4. The fraction of sp³-hybridized carbons (Fsp3) is 0.333. The fourth-order valence-corrected chi connectivity index (χ4v) is 3.41. The number of ether oxygens (including phenoxy) is 1. The van der Waals surface area contributed by atoms with Crippen molar-refractivity contribution in [3.05, 3.63) is 54.0 Å². The lowest BCUT2D eigenvalue weighted by atomic mass is 10.0. The standard InChI is InChI=1S/C21H24N4O6/c22-19(23)14-2-4-16(5-3-14)31-10-1-7-24-8-9-25(21(29)20(24)28)17(12-18(26)27)15-6-11-30-13-15/h2-6,11,13,17H,1,7-10,12H2,(H3,22,23)(H,26,27). The number of nitrogens with two attached hydrogens (primary N) is 1. The molecule has 31 heavy (non-hydrogen) atoms. The van der Waals surface area contributed by atoms with E-state index in [4.69, 9.17) is 20.3 Å². The molecule has 1 fully saturated rings. The Balaban J connectivity index is 1.51. The molecule has 0 saturated carbocycles. The van der Waals surface area contributed by atoms with Gasteiger partial charge in [-0.3, -0.25) is 19.8 Å². The molecule has 1 aliphatic heterocycles. The van der Waals surface area contributed by atoms with Crippen LogP contribution in [0.4, 0.5) is 0 Å². The highest BCUT2D eigenvalue weighted by Crippen LogP contribution is 2.27. The number of rotatable bonds is 10. The number of aliphatic carboxylic acids is 1. The summed E-state index contributed by atoms with van der Waals surface area (Å²) < 4.78 is 10.6. The smallest absolute Gasteiger partial charge is 0.312 e. The topological polar surface area (TPSA) is 150 Å². The third-order valence-electron chi connectivity index (χ3n) is 5.02. The number of carbonyl (C=O) groups excluding carboxylic acids is 2. The van der Waals surface area contributed by atoms with Crippen molar-refractivity contribution in [1.82, 2.24) is 9.80 Å². The van der Waals surface area contributed by atoms with E-state index in [1.54, 1.807) is 30.3 Å². The lowest BCUT2D eigenvalue weighted by molar-refractivity contribution is -0.159. The highest BCUT2D eigenvalue weighted by Gasteiger charge is 2.37. The van der Waals surface area contributed by atoms with Gasteiger partial charge in [0.25, 0.3) is 0 Å². The molecule has 0 spiro atoms. The van der Waals surface area contributed by atoms with Crippen LogP contribution in [0.5, 0.6) is 5.75 Å². The first-order valence-corrected chi connectivity index (χ1v) is 9.78. The molecule has 1 aromatic carbocycles. The van der Waals surface area contributed by atoms with Gasteiger partial charge in [-0.2, -0.15) is 0 Å². The maximum absolute atomic E-state index is 12.6. The van der Waals surface area contributed by atoms with Gasteiger partial charge in [0.2, 0.25) is 0 Å². The van der Waals surface area contributed by atoms with Crippen LogP contribution in [0.1, 0.15) is 30.0 Å². The van der Waals surface area contributed by atoms with Crippen LogP contribution in [-0.4, -0.2) is 64.8 Å². The molecule has 1 aliphatic rings. The van der Waals surface area contributed by atoms with Crippen LogP contribution in [0.15, 0.2) is 47.3 Å². The van der Waals surface area contributed by atoms with Gasteiger partial charge in [0.1, 0.15) is 11.6 Å². The Labute approximate surface area is 178 Å². The third-order valence-corrected chi connectivity index (χ3v) is 5.02. The van der Waals surface area contributed by atoms with E-state index in [1.807, 2.05) is 0 Å². The highest BCUT2D eigenvalue weighted by atomic mass is 16.5. The van der Waals surface area contributed by atoms with Crippen molar-refractivity contribution in [2.75, 3.05) is 26.2 Å². The molecule has 1 saturated heterocycles. The van der Waals surface area contributed by atoms with Crippen LogP contribution in [0, 0.1) is 5.41 Å². The predicted octanol–water partition coefficient (Wildman–Crippen LogP) is 1.22. The highest BCUT2D eigenvalue weighted by molar-refractivity contribution is 6.35. The second-order valence-electron chi connectivity index (χ2n) is 7.10. The Hall–Kier alpha value is -3.82. The number of nitrogens with zero attached hydrogens (tertiary/aromatic N) is 2. The summed E-state index contributed by atoms with van der Waals surface area (Å²) in [6.07, 6.45) is 3.00. The van der Waals surface area contributed by atoms with Crippen molar-refractivity contribution in [1.29, 1.82) is 5.41 Å². The molecule has 0 aliphatic carbocycles. The van der Waals surface area contributed by atoms with Gasteiger partial charge in [-0.15, -0.1) is 0 Å². The largest absolute Gasteiger partial charge is 0.494 e. The Kier molecular flexibility index (Phi) is 6.91. The third kappa shape index (κ3) is 5.41. The molecule has 2 aromatic rings. The second kappa shape index (κ2) is 9.79. The van der Waals surface area contributed by atoms with E-state index in [9.17, 15) is 19.5 Å². The molecule has 1 aromatic heterocycles. The van der Waals surface area contributed by atoms with E-state index < -0.39 is 23.8 Å². The SMILES string of the molecule is N=C(N)c1ccc(OCCCN2CCN(C(CC(=O)O)c3ccoc3)C(=O)C2=O)cc1. The minimum Gasteiger partial charge on any atom is -0.494 e. The summed E-state index contributed by atoms with van der Waals surface area (Å²) in [6.45, 7) is 1.24. The number of nitrogen functional groups attached to an aromatic ring is 1. The van der Waals surface area contributed by atoms with Gasteiger partial charge >= 0.3 is 17.8 Å². The van der Waals surface area contributed by atoms with Gasteiger partial charge in [0.05, 0.1) is 31.6 Å². The zero-order valence-electron chi connectivity index (χ0n) is 16.8. The molecule has 10 heteroatoms. The second-order valence-corrected chi connectivity index (χ2v) is 7.10. The van der Waals surface area contributed by atoms with Crippen LogP contribution < -0.4 is 10.5 Å². The number of carbonyl (C=O) groups is 3. The van der Waals surface area contributed by atoms with Crippen molar-refractivity contribution in [2.24, 2.45) is 5.73 Å². The first-order valence-electron chi connectivity index (χ1n) is 9.78. The minimum absolute atomic E-state index is 0.0211. The summed E-state index contributed by atoms with van der Waals surface area (Å²) >= 11 is 0. The Morgan fingerprint density at radius 2 is 1.94 bits per heavy atom. The molecule has 4 N–H and O–H groups in total. The number of hydrogen-bond acceptors (Lipinski definition) is 6. The molecule has 2 amide bonds.